The Balaban J connectivity index is 2.42. The third kappa shape index (κ3) is 3.58. The highest BCUT2D eigenvalue weighted by molar-refractivity contribution is 5.64. The van der Waals surface area contributed by atoms with Crippen molar-refractivity contribution in [3.05, 3.63) is 41.2 Å². The summed E-state index contributed by atoms with van der Waals surface area (Å²) in [6.45, 7) is 7.64. The second kappa shape index (κ2) is 7.18. The van der Waals surface area contributed by atoms with Crippen molar-refractivity contribution in [2.75, 3.05) is 20.2 Å². The van der Waals surface area contributed by atoms with Crippen LogP contribution in [0.15, 0.2) is 24.3 Å². The van der Waals surface area contributed by atoms with Crippen LogP contribution >= 0.6 is 0 Å². The van der Waals surface area contributed by atoms with Gasteiger partial charge < -0.3 is 10.1 Å². The topological polar surface area (TPSA) is 47.0 Å². The van der Waals surface area contributed by atoms with Gasteiger partial charge in [-0.25, -0.2) is 9.97 Å². The predicted octanol–water partition coefficient (Wildman–Crippen LogP) is 2.92. The van der Waals surface area contributed by atoms with E-state index in [-0.39, 0.29) is 0 Å². The van der Waals surface area contributed by atoms with Crippen molar-refractivity contribution in [1.82, 2.24) is 15.3 Å². The predicted molar refractivity (Wildman–Crippen MR) is 85.7 cm³/mol. The van der Waals surface area contributed by atoms with Gasteiger partial charge in [0.15, 0.2) is 5.82 Å². The van der Waals surface area contributed by atoms with Gasteiger partial charge in [0.1, 0.15) is 5.75 Å². The number of hydrogen-bond acceptors (Lipinski definition) is 4. The van der Waals surface area contributed by atoms with E-state index >= 15 is 0 Å². The minimum Gasteiger partial charge on any atom is -0.493 e. The SMILES string of the molecule is CCOc1ccccc1-c1nc(C)c(CCNC)c(C)n1. The lowest BCUT2D eigenvalue weighted by atomic mass is 10.1. The van der Waals surface area contributed by atoms with Gasteiger partial charge in [0.25, 0.3) is 0 Å². The molecule has 112 valence electrons. The third-order valence-corrected chi connectivity index (χ3v) is 3.47. The van der Waals surface area contributed by atoms with Crippen LogP contribution in [0.5, 0.6) is 5.75 Å². The lowest BCUT2D eigenvalue weighted by Gasteiger charge is -2.13. The van der Waals surface area contributed by atoms with Crippen LogP contribution in [-0.4, -0.2) is 30.2 Å². The minimum atomic E-state index is 0.634. The van der Waals surface area contributed by atoms with Crippen molar-refractivity contribution >= 4 is 0 Å². The average Bonchev–Trinajstić information content (AvgIpc) is 2.47. The number of para-hydroxylation sites is 1. The quantitative estimate of drug-likeness (QED) is 0.886. The van der Waals surface area contributed by atoms with Crippen LogP contribution < -0.4 is 10.1 Å². The van der Waals surface area contributed by atoms with Crippen LogP contribution in [0.2, 0.25) is 0 Å². The molecule has 4 heteroatoms. The molecule has 1 aromatic carbocycles. The Kier molecular flexibility index (Phi) is 5.28. The molecule has 1 heterocycles. The molecule has 2 rings (SSSR count). The van der Waals surface area contributed by atoms with E-state index < -0.39 is 0 Å². The van der Waals surface area contributed by atoms with Crippen molar-refractivity contribution in [1.29, 1.82) is 0 Å². The number of hydrogen-bond donors (Lipinski definition) is 1. The first-order chi connectivity index (χ1) is 10.2. The second-order valence-corrected chi connectivity index (χ2v) is 4.98. The average molecular weight is 285 g/mol. The molecule has 0 fully saturated rings. The fourth-order valence-corrected chi connectivity index (χ4v) is 2.40. The van der Waals surface area contributed by atoms with Crippen molar-refractivity contribution in [2.45, 2.75) is 27.2 Å². The van der Waals surface area contributed by atoms with Crippen LogP contribution in [0.1, 0.15) is 23.9 Å². The number of likely N-dealkylation sites (N-methyl/N-ethyl adjacent to an activating group) is 1. The molecule has 0 radical (unpaired) electrons. The summed E-state index contributed by atoms with van der Waals surface area (Å²) in [5.41, 5.74) is 4.26. The largest absolute Gasteiger partial charge is 0.493 e. The molecular formula is C17H23N3O. The smallest absolute Gasteiger partial charge is 0.163 e. The van der Waals surface area contributed by atoms with E-state index in [2.05, 4.69) is 15.3 Å². The molecule has 0 aliphatic heterocycles. The van der Waals surface area contributed by atoms with Crippen molar-refractivity contribution in [2.24, 2.45) is 0 Å². The molecule has 0 aliphatic carbocycles. The van der Waals surface area contributed by atoms with E-state index in [4.69, 9.17) is 4.74 Å². The molecule has 0 amide bonds. The molecule has 0 bridgehead atoms. The Labute approximate surface area is 126 Å². The highest BCUT2D eigenvalue weighted by atomic mass is 16.5. The van der Waals surface area contributed by atoms with Gasteiger partial charge in [-0.3, -0.25) is 0 Å². The Bertz CT molecular complexity index is 588. The normalized spacial score (nSPS) is 10.7. The standard InChI is InChI=1S/C17H23N3O/c1-5-21-16-9-7-6-8-15(16)17-19-12(2)14(10-11-18-4)13(3)20-17/h6-9,18H,5,10-11H2,1-4H3. The molecule has 0 unspecified atom stereocenters. The maximum atomic E-state index is 5.68. The van der Waals surface area contributed by atoms with Crippen LogP contribution in [-0.2, 0) is 6.42 Å². The van der Waals surface area contributed by atoms with E-state index in [1.807, 2.05) is 52.1 Å². The summed E-state index contributed by atoms with van der Waals surface area (Å²) in [6.07, 6.45) is 0.946. The lowest BCUT2D eigenvalue weighted by Crippen LogP contribution is -2.13. The minimum absolute atomic E-state index is 0.634. The van der Waals surface area contributed by atoms with Crippen molar-refractivity contribution < 1.29 is 4.74 Å². The summed E-state index contributed by atoms with van der Waals surface area (Å²) in [5, 5.41) is 3.17. The number of benzene rings is 1. The van der Waals surface area contributed by atoms with Crippen molar-refractivity contribution in [3.63, 3.8) is 0 Å². The Morgan fingerprint density at radius 3 is 2.38 bits per heavy atom. The summed E-state index contributed by atoms with van der Waals surface area (Å²) in [6, 6.07) is 7.92. The number of ether oxygens (including phenoxy) is 1. The summed E-state index contributed by atoms with van der Waals surface area (Å²) in [5.74, 6) is 1.57. The molecule has 2 aromatic rings. The maximum absolute atomic E-state index is 5.68. The Hall–Kier alpha value is -1.94. The van der Waals surface area contributed by atoms with Crippen LogP contribution in [0.3, 0.4) is 0 Å². The zero-order valence-electron chi connectivity index (χ0n) is 13.2. The van der Waals surface area contributed by atoms with E-state index in [1.54, 1.807) is 0 Å². The fraction of sp³-hybridized carbons (Fsp3) is 0.412. The molecule has 0 saturated carbocycles. The van der Waals surface area contributed by atoms with Gasteiger partial charge in [-0.15, -0.1) is 0 Å². The fourth-order valence-electron chi connectivity index (χ4n) is 2.40. The van der Waals surface area contributed by atoms with Gasteiger partial charge in [-0.1, -0.05) is 12.1 Å². The lowest BCUT2D eigenvalue weighted by molar-refractivity contribution is 0.341. The molecule has 0 aliphatic rings. The third-order valence-electron chi connectivity index (χ3n) is 3.47. The van der Waals surface area contributed by atoms with Gasteiger partial charge in [-0.05, 0) is 58.5 Å². The second-order valence-electron chi connectivity index (χ2n) is 4.98. The Morgan fingerprint density at radius 2 is 1.76 bits per heavy atom. The first-order valence-electron chi connectivity index (χ1n) is 7.38. The van der Waals surface area contributed by atoms with E-state index in [1.165, 1.54) is 5.56 Å². The highest BCUT2D eigenvalue weighted by Gasteiger charge is 2.13. The van der Waals surface area contributed by atoms with E-state index in [0.717, 1.165) is 41.5 Å². The monoisotopic (exact) mass is 285 g/mol. The summed E-state index contributed by atoms with van der Waals surface area (Å²) >= 11 is 0. The molecule has 1 N–H and O–H groups in total. The van der Waals surface area contributed by atoms with E-state index in [9.17, 15) is 0 Å². The number of aryl methyl sites for hydroxylation is 2. The van der Waals surface area contributed by atoms with Gasteiger partial charge in [0.2, 0.25) is 0 Å². The number of aromatic nitrogens is 2. The molecule has 4 nitrogen and oxygen atoms in total. The zero-order valence-corrected chi connectivity index (χ0v) is 13.2. The van der Waals surface area contributed by atoms with E-state index in [0.29, 0.717) is 6.61 Å². The Morgan fingerprint density at radius 1 is 1.10 bits per heavy atom. The molecule has 0 atom stereocenters. The van der Waals surface area contributed by atoms with Gasteiger partial charge >= 0.3 is 0 Å². The summed E-state index contributed by atoms with van der Waals surface area (Å²) in [7, 11) is 1.96. The highest BCUT2D eigenvalue weighted by Crippen LogP contribution is 2.28. The molecule has 0 spiro atoms. The van der Waals surface area contributed by atoms with Gasteiger partial charge in [0, 0.05) is 11.4 Å². The summed E-state index contributed by atoms with van der Waals surface area (Å²) < 4.78 is 5.68. The maximum Gasteiger partial charge on any atom is 0.163 e. The number of nitrogens with one attached hydrogen (secondary N) is 1. The first-order valence-corrected chi connectivity index (χ1v) is 7.38. The molecule has 1 aromatic heterocycles. The van der Waals surface area contributed by atoms with Crippen molar-refractivity contribution in [3.8, 4) is 17.1 Å². The number of nitrogens with zero attached hydrogens (tertiary/aromatic N) is 2. The van der Waals surface area contributed by atoms with Crippen LogP contribution in [0.25, 0.3) is 11.4 Å². The van der Waals surface area contributed by atoms with Crippen LogP contribution in [0.4, 0.5) is 0 Å². The zero-order chi connectivity index (χ0) is 15.2. The molecular weight excluding hydrogens is 262 g/mol. The molecule has 0 saturated heterocycles. The van der Waals surface area contributed by atoms with Gasteiger partial charge in [0.05, 0.1) is 12.2 Å². The van der Waals surface area contributed by atoms with Gasteiger partial charge in [-0.2, -0.15) is 0 Å². The van der Waals surface area contributed by atoms with Crippen LogP contribution in [0, 0.1) is 13.8 Å². The summed E-state index contributed by atoms with van der Waals surface area (Å²) in [4.78, 5) is 9.36. The first kappa shape index (κ1) is 15.4. The molecule has 21 heavy (non-hydrogen) atoms. The number of rotatable bonds is 6.